The van der Waals surface area contributed by atoms with Gasteiger partial charge in [0, 0.05) is 40.9 Å². The fourth-order valence-electron chi connectivity index (χ4n) is 0.204. The number of carboxylic acids is 4. The Morgan fingerprint density at radius 2 is 0.720 bits per heavy atom. The number of hydrogen-bond donors (Lipinski definition) is 6. The van der Waals surface area contributed by atoms with Crippen LogP contribution in [0.25, 0.3) is 0 Å². The van der Waals surface area contributed by atoms with Gasteiger partial charge in [-0.05, 0) is 13.8 Å². The highest BCUT2D eigenvalue weighted by Crippen LogP contribution is 1.64. The van der Waals surface area contributed by atoms with Crippen LogP contribution in [0.1, 0.15) is 41.5 Å². The van der Waals surface area contributed by atoms with E-state index in [4.69, 9.17) is 54.6 Å². The molecule has 0 heterocycles. The standard InChI is InChI=1S/C4H10O.4C2H4O2.C2H6O2/c1-3-5-4-2;4*1-2(3)4;3-1-2-4/h3-4H2,1-2H3;4*1H3,(H,3,4);3-4H,1-2H2. The van der Waals surface area contributed by atoms with E-state index in [-0.39, 0.29) is 13.2 Å². The van der Waals surface area contributed by atoms with Crippen molar-refractivity contribution in [3.05, 3.63) is 0 Å². The predicted octanol–water partition coefficient (Wildman–Crippen LogP) is 0.377. The van der Waals surface area contributed by atoms with Gasteiger partial charge < -0.3 is 35.4 Å². The molecule has 0 saturated carbocycles. The van der Waals surface area contributed by atoms with Gasteiger partial charge in [-0.3, -0.25) is 19.2 Å². The number of aliphatic hydroxyl groups excluding tert-OH is 2. The summed E-state index contributed by atoms with van der Waals surface area (Å²) in [4.78, 5) is 36.0. The van der Waals surface area contributed by atoms with E-state index in [1.807, 2.05) is 13.8 Å². The van der Waals surface area contributed by atoms with Gasteiger partial charge in [-0.15, -0.1) is 0 Å². The topological polar surface area (TPSA) is 199 Å². The van der Waals surface area contributed by atoms with E-state index in [0.717, 1.165) is 40.9 Å². The van der Waals surface area contributed by atoms with Gasteiger partial charge in [0.1, 0.15) is 0 Å². The van der Waals surface area contributed by atoms with E-state index in [2.05, 4.69) is 0 Å². The second-order valence-corrected chi connectivity index (χ2v) is 3.30. The monoisotopic (exact) mass is 376 g/mol. The molecule has 0 amide bonds. The van der Waals surface area contributed by atoms with Crippen LogP contribution in [-0.2, 0) is 23.9 Å². The Bertz CT molecular complexity index is 223. The van der Waals surface area contributed by atoms with Crippen LogP contribution in [0.2, 0.25) is 0 Å². The fraction of sp³-hybridized carbons (Fsp3) is 0.714. The average molecular weight is 376 g/mol. The maximum Gasteiger partial charge on any atom is 0.300 e. The first-order chi connectivity index (χ1) is 11.3. The predicted molar refractivity (Wildman–Crippen MR) is 89.6 cm³/mol. The van der Waals surface area contributed by atoms with Gasteiger partial charge in [-0.25, -0.2) is 0 Å². The summed E-state index contributed by atoms with van der Waals surface area (Å²) in [6.07, 6.45) is 0. The summed E-state index contributed by atoms with van der Waals surface area (Å²) in [6, 6.07) is 0. The summed E-state index contributed by atoms with van der Waals surface area (Å²) >= 11 is 0. The van der Waals surface area contributed by atoms with Crippen molar-refractivity contribution in [2.45, 2.75) is 41.5 Å². The number of hydrogen-bond acceptors (Lipinski definition) is 7. The maximum atomic E-state index is 9.00. The molecule has 0 rings (SSSR count). The Hall–Kier alpha value is -2.24. The molecule has 0 aliphatic rings. The zero-order chi connectivity index (χ0) is 21.8. The molecule has 0 spiro atoms. The number of aliphatic carboxylic acids is 4. The smallest absolute Gasteiger partial charge is 0.300 e. The van der Waals surface area contributed by atoms with Crippen LogP contribution >= 0.6 is 0 Å². The third-order valence-electron chi connectivity index (χ3n) is 0.508. The van der Waals surface area contributed by atoms with Gasteiger partial charge in [-0.2, -0.15) is 0 Å². The molecule has 11 heteroatoms. The molecule has 11 nitrogen and oxygen atoms in total. The van der Waals surface area contributed by atoms with Crippen molar-refractivity contribution >= 4 is 23.9 Å². The van der Waals surface area contributed by atoms with E-state index in [1.165, 1.54) is 0 Å². The first-order valence-corrected chi connectivity index (χ1v) is 6.83. The van der Waals surface area contributed by atoms with E-state index in [1.54, 1.807) is 0 Å². The molecular formula is C14H32O11. The molecule has 0 aromatic heterocycles. The molecule has 0 aliphatic carbocycles. The van der Waals surface area contributed by atoms with Crippen LogP contribution in [0.5, 0.6) is 0 Å². The Morgan fingerprint density at radius 3 is 0.720 bits per heavy atom. The first-order valence-electron chi connectivity index (χ1n) is 6.83. The van der Waals surface area contributed by atoms with Gasteiger partial charge in [0.15, 0.2) is 0 Å². The van der Waals surface area contributed by atoms with E-state index in [0.29, 0.717) is 0 Å². The number of ether oxygens (including phenoxy) is 1. The van der Waals surface area contributed by atoms with Gasteiger partial charge >= 0.3 is 0 Å². The third kappa shape index (κ3) is 14700. The van der Waals surface area contributed by atoms with Crippen molar-refractivity contribution < 1.29 is 54.6 Å². The molecule has 0 radical (unpaired) electrons. The van der Waals surface area contributed by atoms with Crippen molar-refractivity contribution in [1.82, 2.24) is 0 Å². The average Bonchev–Trinajstić information content (AvgIpc) is 2.37. The summed E-state index contributed by atoms with van der Waals surface area (Å²) in [7, 11) is 0. The van der Waals surface area contributed by atoms with Gasteiger partial charge in [0.05, 0.1) is 13.2 Å². The van der Waals surface area contributed by atoms with Gasteiger partial charge in [-0.1, -0.05) is 0 Å². The lowest BCUT2D eigenvalue weighted by molar-refractivity contribution is -0.135. The number of aliphatic hydroxyl groups is 2. The van der Waals surface area contributed by atoms with Crippen molar-refractivity contribution in [2.24, 2.45) is 0 Å². The largest absolute Gasteiger partial charge is 0.481 e. The minimum atomic E-state index is -0.833. The summed E-state index contributed by atoms with van der Waals surface area (Å²) in [5.41, 5.74) is 0. The Morgan fingerprint density at radius 1 is 0.600 bits per heavy atom. The minimum absolute atomic E-state index is 0.125. The first kappa shape index (κ1) is 38.4. The van der Waals surface area contributed by atoms with Crippen LogP contribution < -0.4 is 0 Å². The van der Waals surface area contributed by atoms with E-state index < -0.39 is 23.9 Å². The lowest BCUT2D eigenvalue weighted by Crippen LogP contribution is -1.85. The molecule has 0 unspecified atom stereocenters. The van der Waals surface area contributed by atoms with Crippen LogP contribution in [-0.4, -0.2) is 80.9 Å². The molecule has 0 aromatic carbocycles. The molecule has 154 valence electrons. The second kappa shape index (κ2) is 43.0. The molecule has 25 heavy (non-hydrogen) atoms. The molecule has 0 aromatic rings. The van der Waals surface area contributed by atoms with E-state index in [9.17, 15) is 0 Å². The lowest BCUT2D eigenvalue weighted by Gasteiger charge is -1.86. The SMILES string of the molecule is CC(=O)O.CC(=O)O.CC(=O)O.CC(=O)O.CCOCC.OCCO. The zero-order valence-corrected chi connectivity index (χ0v) is 15.6. The lowest BCUT2D eigenvalue weighted by atomic mass is 10.8. The van der Waals surface area contributed by atoms with Crippen molar-refractivity contribution in [1.29, 1.82) is 0 Å². The highest BCUT2D eigenvalue weighted by Gasteiger charge is 1.66. The highest BCUT2D eigenvalue weighted by atomic mass is 16.5. The number of carboxylic acid groups (broad SMARTS) is 4. The van der Waals surface area contributed by atoms with Crippen LogP contribution in [0, 0.1) is 0 Å². The van der Waals surface area contributed by atoms with Crippen molar-refractivity contribution in [3.8, 4) is 0 Å². The Kier molecular flexibility index (Phi) is 66.1. The second-order valence-electron chi connectivity index (χ2n) is 3.30. The maximum absolute atomic E-state index is 9.00. The molecule has 0 saturated heterocycles. The molecule has 0 bridgehead atoms. The van der Waals surface area contributed by atoms with Gasteiger partial charge in [0.2, 0.25) is 0 Å². The molecule has 0 fully saturated rings. The molecule has 0 aliphatic heterocycles. The highest BCUT2D eigenvalue weighted by molar-refractivity contribution is 5.63. The molecule has 0 atom stereocenters. The normalized spacial score (nSPS) is 6.88. The molecular weight excluding hydrogens is 344 g/mol. The number of rotatable bonds is 3. The summed E-state index contributed by atoms with van der Waals surface area (Å²) in [6.45, 7) is 9.75. The van der Waals surface area contributed by atoms with Crippen molar-refractivity contribution in [3.63, 3.8) is 0 Å². The summed E-state index contributed by atoms with van der Waals surface area (Å²) in [5.74, 6) is -3.33. The van der Waals surface area contributed by atoms with Crippen LogP contribution in [0.15, 0.2) is 0 Å². The Labute approximate surface area is 147 Å². The number of carbonyl (C=O) groups is 4. The quantitative estimate of drug-likeness (QED) is 0.397. The minimum Gasteiger partial charge on any atom is -0.481 e. The van der Waals surface area contributed by atoms with Crippen molar-refractivity contribution in [2.75, 3.05) is 26.4 Å². The van der Waals surface area contributed by atoms with Crippen LogP contribution in [0.3, 0.4) is 0 Å². The third-order valence-corrected chi connectivity index (χ3v) is 0.508. The molecule has 6 N–H and O–H groups in total. The Balaban J connectivity index is -0.0000000434. The van der Waals surface area contributed by atoms with Gasteiger partial charge in [0.25, 0.3) is 23.9 Å². The van der Waals surface area contributed by atoms with Crippen LogP contribution in [0.4, 0.5) is 0 Å². The zero-order valence-electron chi connectivity index (χ0n) is 15.6. The summed E-state index contributed by atoms with van der Waals surface area (Å²) in [5, 5.41) is 44.9. The summed E-state index contributed by atoms with van der Waals surface area (Å²) < 4.78 is 4.83. The van der Waals surface area contributed by atoms with E-state index >= 15 is 0 Å². The fourth-order valence-corrected chi connectivity index (χ4v) is 0.204.